The molecule has 0 radical (unpaired) electrons. The summed E-state index contributed by atoms with van der Waals surface area (Å²) in [5.74, 6) is -3.14. The van der Waals surface area contributed by atoms with Gasteiger partial charge in [0.2, 0.25) is 0 Å². The Bertz CT molecular complexity index is 687. The van der Waals surface area contributed by atoms with Crippen LogP contribution in [0, 0.1) is 0 Å². The molecular weight excluding hydrogens is 319 g/mol. The van der Waals surface area contributed by atoms with Crippen LogP contribution in [0.15, 0.2) is 15.9 Å². The second-order valence-electron chi connectivity index (χ2n) is 4.21. The molecule has 3 N–H and O–H groups in total. The number of phosphoric ester groups is 1. The fraction of sp³-hybridized carbons (Fsp3) is 0.625. The van der Waals surface area contributed by atoms with Gasteiger partial charge in [-0.05, 0) is 0 Å². The summed E-state index contributed by atoms with van der Waals surface area (Å²) in [6, 6.07) is 0. The zero-order chi connectivity index (χ0) is 15.8. The molecule has 1 aromatic heterocycles. The van der Waals surface area contributed by atoms with Crippen LogP contribution in [0.2, 0.25) is 0 Å². The summed E-state index contributed by atoms with van der Waals surface area (Å²) in [5, 5.41) is 0. The molecule has 13 heteroatoms. The molecule has 0 saturated carbocycles. The minimum absolute atomic E-state index is 0.630. The van der Waals surface area contributed by atoms with Gasteiger partial charge >= 0.3 is 19.2 Å². The van der Waals surface area contributed by atoms with E-state index in [1.807, 2.05) is 0 Å². The molecule has 0 unspecified atom stereocenters. The Labute approximate surface area is 114 Å². The lowest BCUT2D eigenvalue weighted by Gasteiger charge is -2.22. The maximum atomic E-state index is 14.1. The molecule has 3 atom stereocenters. The highest BCUT2D eigenvalue weighted by molar-refractivity contribution is 7.46. The maximum Gasteiger partial charge on any atom is 0.469 e. The van der Waals surface area contributed by atoms with Gasteiger partial charge in [0.25, 0.3) is 5.85 Å². The third-order valence-corrected chi connectivity index (χ3v) is 3.16. The van der Waals surface area contributed by atoms with Crippen molar-refractivity contribution in [3.63, 3.8) is 0 Å². The van der Waals surface area contributed by atoms with Gasteiger partial charge in [0, 0.05) is 6.42 Å². The van der Waals surface area contributed by atoms with E-state index in [2.05, 4.69) is 14.2 Å². The summed E-state index contributed by atoms with van der Waals surface area (Å²) in [7, 11) is -5.01. The lowest BCUT2D eigenvalue weighted by atomic mass is 10.2. The van der Waals surface area contributed by atoms with E-state index in [0.717, 1.165) is 6.33 Å². The highest BCUT2D eigenvalue weighted by atomic mass is 31.2. The van der Waals surface area contributed by atoms with Crippen molar-refractivity contribution >= 4 is 7.82 Å². The van der Waals surface area contributed by atoms with Crippen molar-refractivity contribution in [1.82, 2.24) is 14.5 Å². The predicted octanol–water partition coefficient (Wildman–Crippen LogP) is -1.04. The molecule has 0 aromatic carbocycles. The molecular formula is C8H10F2N3O7P. The number of H-pyrrole nitrogens is 1. The smallest absolute Gasteiger partial charge is 0.317 e. The van der Waals surface area contributed by atoms with E-state index in [1.54, 1.807) is 4.98 Å². The summed E-state index contributed by atoms with van der Waals surface area (Å²) in [5.41, 5.74) is -1.94. The Morgan fingerprint density at radius 2 is 2.29 bits per heavy atom. The fourth-order valence-electron chi connectivity index (χ4n) is 1.73. The van der Waals surface area contributed by atoms with Gasteiger partial charge in [0.15, 0.2) is 6.17 Å². The number of rotatable bonds is 4. The lowest BCUT2D eigenvalue weighted by Crippen LogP contribution is -2.38. The van der Waals surface area contributed by atoms with Crippen LogP contribution >= 0.6 is 7.82 Å². The summed E-state index contributed by atoms with van der Waals surface area (Å²) in [4.78, 5) is 44.2. The fourth-order valence-corrected chi connectivity index (χ4v) is 2.07. The van der Waals surface area contributed by atoms with Crippen molar-refractivity contribution in [2.75, 3.05) is 6.61 Å². The largest absolute Gasteiger partial charge is 0.469 e. The van der Waals surface area contributed by atoms with Crippen LogP contribution in [0.1, 0.15) is 12.6 Å². The van der Waals surface area contributed by atoms with Gasteiger partial charge in [-0.25, -0.2) is 22.9 Å². The highest BCUT2D eigenvalue weighted by Crippen LogP contribution is 2.44. The van der Waals surface area contributed by atoms with Crippen LogP contribution in [0.4, 0.5) is 8.78 Å². The van der Waals surface area contributed by atoms with Crippen molar-refractivity contribution in [2.45, 2.75) is 24.7 Å². The number of hydrogen-bond acceptors (Lipinski definition) is 6. The van der Waals surface area contributed by atoms with Gasteiger partial charge in [-0.2, -0.15) is 4.98 Å². The Morgan fingerprint density at radius 3 is 2.86 bits per heavy atom. The van der Waals surface area contributed by atoms with Crippen molar-refractivity contribution in [2.24, 2.45) is 0 Å². The summed E-state index contributed by atoms with van der Waals surface area (Å²) >= 11 is 0. The van der Waals surface area contributed by atoms with Crippen LogP contribution < -0.4 is 11.4 Å². The second kappa shape index (κ2) is 5.39. The molecule has 118 valence electrons. The molecule has 0 aliphatic carbocycles. The second-order valence-corrected chi connectivity index (χ2v) is 5.45. The monoisotopic (exact) mass is 329 g/mol. The number of halogens is 2. The summed E-state index contributed by atoms with van der Waals surface area (Å²) in [6.45, 7) is -1.36. The number of aromatic amines is 1. The first-order valence-corrected chi connectivity index (χ1v) is 7.02. The molecule has 2 heterocycles. The molecule has 2 rings (SSSR count). The predicted molar refractivity (Wildman–Crippen MR) is 60.6 cm³/mol. The molecule has 1 saturated heterocycles. The van der Waals surface area contributed by atoms with Gasteiger partial charge in [-0.3, -0.25) is 14.1 Å². The number of phosphoric acid groups is 1. The molecule has 1 aliphatic rings. The van der Waals surface area contributed by atoms with Crippen LogP contribution in [-0.4, -0.2) is 43.0 Å². The first kappa shape index (κ1) is 15.9. The van der Waals surface area contributed by atoms with Crippen molar-refractivity contribution < 1.29 is 32.4 Å². The molecule has 0 amide bonds. The quantitative estimate of drug-likeness (QED) is 0.594. The zero-order valence-corrected chi connectivity index (χ0v) is 11.1. The third-order valence-electron chi connectivity index (χ3n) is 2.70. The first-order valence-electron chi connectivity index (χ1n) is 5.49. The first-order chi connectivity index (χ1) is 9.61. The average molecular weight is 329 g/mol. The van der Waals surface area contributed by atoms with Gasteiger partial charge in [-0.15, -0.1) is 0 Å². The number of hydrogen-bond donors (Lipinski definition) is 3. The lowest BCUT2D eigenvalue weighted by molar-refractivity contribution is -0.194. The van der Waals surface area contributed by atoms with E-state index in [4.69, 9.17) is 9.79 Å². The molecule has 0 spiro atoms. The summed E-state index contributed by atoms with van der Waals surface area (Å²) < 4.78 is 47.5. The standard InChI is InChI=1S/C8H10F2N3O7P/c9-4-1-5(13-3-11-6(14)12-7(13)15)20-8(4,10)2-19-21(16,17)18/h3-5H,1-2H2,(H,12,14,15)(H2,16,17,18)/t4-,5+,8+/m0/s1. The van der Waals surface area contributed by atoms with E-state index in [0.29, 0.717) is 4.57 Å². The van der Waals surface area contributed by atoms with Gasteiger partial charge < -0.3 is 14.5 Å². The van der Waals surface area contributed by atoms with Crippen molar-refractivity contribution in [3.8, 4) is 0 Å². The SMILES string of the molecule is O=c1ncn([C@H]2C[C@H](F)[C@@](F)(COP(=O)(O)O)O2)c(=O)[nH]1. The van der Waals surface area contributed by atoms with E-state index in [9.17, 15) is 22.9 Å². The molecule has 1 fully saturated rings. The molecule has 10 nitrogen and oxygen atoms in total. The number of nitrogens with zero attached hydrogens (tertiary/aromatic N) is 2. The maximum absolute atomic E-state index is 14.1. The van der Waals surface area contributed by atoms with Crippen molar-refractivity contribution in [1.29, 1.82) is 0 Å². The van der Waals surface area contributed by atoms with Gasteiger partial charge in [-0.1, -0.05) is 0 Å². The Kier molecular flexibility index (Phi) is 4.08. The normalized spacial score (nSPS) is 29.7. The number of alkyl halides is 2. The highest BCUT2D eigenvalue weighted by Gasteiger charge is 2.52. The zero-order valence-electron chi connectivity index (χ0n) is 10.2. The molecule has 1 aliphatic heterocycles. The topological polar surface area (TPSA) is 144 Å². The minimum Gasteiger partial charge on any atom is -0.317 e. The molecule has 0 bridgehead atoms. The van der Waals surface area contributed by atoms with Crippen LogP contribution in [0.5, 0.6) is 0 Å². The van der Waals surface area contributed by atoms with Gasteiger partial charge in [0.05, 0.1) is 0 Å². The van der Waals surface area contributed by atoms with Crippen LogP contribution in [0.25, 0.3) is 0 Å². The number of nitrogens with one attached hydrogen (secondary N) is 1. The molecule has 21 heavy (non-hydrogen) atoms. The van der Waals surface area contributed by atoms with E-state index in [-0.39, 0.29) is 0 Å². The average Bonchev–Trinajstić information content (AvgIpc) is 2.63. The van der Waals surface area contributed by atoms with Gasteiger partial charge in [0.1, 0.15) is 19.2 Å². The number of aromatic nitrogens is 3. The Balaban J connectivity index is 2.18. The van der Waals surface area contributed by atoms with Crippen molar-refractivity contribution in [3.05, 3.63) is 27.3 Å². The third kappa shape index (κ3) is 3.60. The van der Waals surface area contributed by atoms with Crippen LogP contribution in [-0.2, 0) is 13.8 Å². The van der Waals surface area contributed by atoms with E-state index >= 15 is 0 Å². The minimum atomic E-state index is -5.01. The summed E-state index contributed by atoms with van der Waals surface area (Å²) in [6.07, 6.45) is -3.63. The van der Waals surface area contributed by atoms with E-state index in [1.165, 1.54) is 0 Å². The molecule has 1 aromatic rings. The number of ether oxygens (including phenoxy) is 1. The van der Waals surface area contributed by atoms with Crippen LogP contribution in [0.3, 0.4) is 0 Å². The Morgan fingerprint density at radius 1 is 1.62 bits per heavy atom. The van der Waals surface area contributed by atoms with E-state index < -0.39 is 50.5 Å². The Hall–Kier alpha value is -1.46.